The Labute approximate surface area is 193 Å². The third-order valence-corrected chi connectivity index (χ3v) is 5.55. The molecule has 0 amide bonds. The quantitative estimate of drug-likeness (QED) is 0.319. The Morgan fingerprint density at radius 1 is 0.903 bits per heavy atom. The number of nitrogens with zero attached hydrogens (tertiary/aromatic N) is 2. The van der Waals surface area contributed by atoms with Crippen molar-refractivity contribution in [2.45, 2.75) is 0 Å². The molecule has 31 heavy (non-hydrogen) atoms. The predicted molar refractivity (Wildman–Crippen MR) is 125 cm³/mol. The Hall–Kier alpha value is -2.57. The summed E-state index contributed by atoms with van der Waals surface area (Å²) in [7, 11) is 1.58. The molecule has 1 heterocycles. The normalized spacial score (nSPS) is 11.1. The number of methoxy groups -OCH3 is 1. The van der Waals surface area contributed by atoms with Gasteiger partial charge in [-0.25, -0.2) is 0 Å². The van der Waals surface area contributed by atoms with Gasteiger partial charge in [-0.2, -0.15) is 9.78 Å². The maximum absolute atomic E-state index is 13.3. The van der Waals surface area contributed by atoms with E-state index in [9.17, 15) is 4.79 Å². The highest BCUT2D eigenvalue weighted by atomic mass is 35.5. The first-order valence-electron chi connectivity index (χ1n) is 9.39. The van der Waals surface area contributed by atoms with Crippen LogP contribution in [0.1, 0.15) is 0 Å². The highest BCUT2D eigenvalue weighted by Crippen LogP contribution is 2.34. The third-order valence-electron chi connectivity index (χ3n) is 4.70. The molecule has 3 aromatic carbocycles. The van der Waals surface area contributed by atoms with Crippen LogP contribution in [0.5, 0.6) is 5.75 Å². The van der Waals surface area contributed by atoms with E-state index in [-0.39, 0.29) is 10.6 Å². The highest BCUT2D eigenvalue weighted by Gasteiger charge is 2.17. The van der Waals surface area contributed by atoms with Gasteiger partial charge in [0.25, 0.3) is 5.56 Å². The summed E-state index contributed by atoms with van der Waals surface area (Å²) >= 11 is 18.8. The Morgan fingerprint density at radius 2 is 1.61 bits per heavy atom. The minimum absolute atomic E-state index is 0.274. The number of halogens is 3. The van der Waals surface area contributed by atoms with Crippen LogP contribution in [0.15, 0.2) is 65.5 Å². The molecule has 0 unspecified atom stereocenters. The summed E-state index contributed by atoms with van der Waals surface area (Å²) < 4.78 is 12.0. The van der Waals surface area contributed by atoms with Gasteiger partial charge in [-0.05, 0) is 24.3 Å². The van der Waals surface area contributed by atoms with Crippen molar-refractivity contribution in [2.75, 3.05) is 20.3 Å². The maximum Gasteiger partial charge on any atom is 0.279 e. The second-order valence-corrected chi connectivity index (χ2v) is 7.94. The minimum Gasteiger partial charge on any atom is -0.490 e. The van der Waals surface area contributed by atoms with Crippen LogP contribution in [0.3, 0.4) is 0 Å². The molecular formula is C23H17Cl3N2O3. The van der Waals surface area contributed by atoms with Crippen molar-refractivity contribution in [3.63, 3.8) is 0 Å². The molecular weight excluding hydrogens is 459 g/mol. The lowest BCUT2D eigenvalue weighted by Crippen LogP contribution is -2.22. The number of benzene rings is 3. The highest BCUT2D eigenvalue weighted by molar-refractivity contribution is 6.36. The van der Waals surface area contributed by atoms with E-state index in [2.05, 4.69) is 5.10 Å². The van der Waals surface area contributed by atoms with Gasteiger partial charge in [0, 0.05) is 29.1 Å². The predicted octanol–water partition coefficient (Wildman–Crippen LogP) is 6.04. The summed E-state index contributed by atoms with van der Waals surface area (Å²) in [6.07, 6.45) is 0. The zero-order chi connectivity index (χ0) is 22.0. The van der Waals surface area contributed by atoms with Crippen LogP contribution in [0.25, 0.3) is 27.7 Å². The van der Waals surface area contributed by atoms with Gasteiger partial charge in [0.05, 0.1) is 33.4 Å². The second kappa shape index (κ2) is 9.28. The number of hydrogen-bond acceptors (Lipinski definition) is 4. The summed E-state index contributed by atoms with van der Waals surface area (Å²) in [6.45, 7) is 0.691. The molecule has 0 atom stereocenters. The molecule has 1 aromatic heterocycles. The second-order valence-electron chi connectivity index (χ2n) is 6.69. The summed E-state index contributed by atoms with van der Waals surface area (Å²) in [5.74, 6) is 0.382. The van der Waals surface area contributed by atoms with Crippen molar-refractivity contribution in [3.8, 4) is 22.7 Å². The van der Waals surface area contributed by atoms with Crippen LogP contribution in [0, 0.1) is 0 Å². The van der Waals surface area contributed by atoms with Crippen molar-refractivity contribution in [3.05, 3.63) is 86.1 Å². The minimum atomic E-state index is -0.305. The molecule has 4 aromatic rings. The van der Waals surface area contributed by atoms with Crippen molar-refractivity contribution in [1.82, 2.24) is 9.78 Å². The Bertz CT molecular complexity index is 1300. The molecule has 158 valence electrons. The summed E-state index contributed by atoms with van der Waals surface area (Å²) in [5.41, 5.74) is 1.50. The number of ether oxygens (including phenoxy) is 2. The largest absolute Gasteiger partial charge is 0.490 e. The molecule has 8 heteroatoms. The van der Waals surface area contributed by atoms with Crippen LogP contribution >= 0.6 is 34.8 Å². The van der Waals surface area contributed by atoms with Crippen LogP contribution in [-0.4, -0.2) is 30.1 Å². The molecule has 0 radical (unpaired) electrons. The van der Waals surface area contributed by atoms with Crippen LogP contribution in [0.2, 0.25) is 15.1 Å². The zero-order valence-corrected chi connectivity index (χ0v) is 18.7. The molecule has 4 rings (SSSR count). The van der Waals surface area contributed by atoms with Gasteiger partial charge in [0.1, 0.15) is 12.4 Å². The molecule has 0 saturated heterocycles. The first kappa shape index (κ1) is 21.7. The lowest BCUT2D eigenvalue weighted by atomic mass is 10.1. The first-order chi connectivity index (χ1) is 15.0. The number of hydrogen-bond donors (Lipinski definition) is 0. The van der Waals surface area contributed by atoms with Gasteiger partial charge in [-0.3, -0.25) is 4.79 Å². The Kier molecular flexibility index (Phi) is 6.49. The summed E-state index contributed by atoms with van der Waals surface area (Å²) in [5, 5.41) is 7.11. The van der Waals surface area contributed by atoms with Gasteiger partial charge < -0.3 is 9.47 Å². The fourth-order valence-corrected chi connectivity index (χ4v) is 3.84. The van der Waals surface area contributed by atoms with Crippen molar-refractivity contribution < 1.29 is 9.47 Å². The lowest BCUT2D eigenvalue weighted by molar-refractivity contribution is 0.146. The van der Waals surface area contributed by atoms with Gasteiger partial charge >= 0.3 is 0 Å². The van der Waals surface area contributed by atoms with E-state index in [0.717, 1.165) is 10.9 Å². The molecule has 5 nitrogen and oxygen atoms in total. The van der Waals surface area contributed by atoms with Gasteiger partial charge in [-0.15, -0.1) is 0 Å². The third kappa shape index (κ3) is 4.41. The average molecular weight is 476 g/mol. The molecule has 0 N–H and O–H groups in total. The van der Waals surface area contributed by atoms with E-state index >= 15 is 0 Å². The lowest BCUT2D eigenvalue weighted by Gasteiger charge is -2.15. The molecule has 0 saturated carbocycles. The fraction of sp³-hybridized carbons (Fsp3) is 0.130. The molecule has 0 aliphatic rings. The van der Waals surface area contributed by atoms with Crippen molar-refractivity contribution in [2.24, 2.45) is 0 Å². The smallest absolute Gasteiger partial charge is 0.279 e. The molecule has 0 spiro atoms. The maximum atomic E-state index is 13.3. The van der Waals surface area contributed by atoms with E-state index < -0.39 is 0 Å². The molecule has 0 aliphatic carbocycles. The van der Waals surface area contributed by atoms with Gasteiger partial charge in [-0.1, -0.05) is 65.1 Å². The molecule has 0 aliphatic heterocycles. The van der Waals surface area contributed by atoms with Crippen molar-refractivity contribution in [1.29, 1.82) is 0 Å². The van der Waals surface area contributed by atoms with E-state index in [0.29, 0.717) is 45.8 Å². The van der Waals surface area contributed by atoms with Crippen LogP contribution in [-0.2, 0) is 4.74 Å². The Morgan fingerprint density at radius 3 is 2.32 bits per heavy atom. The number of aromatic nitrogens is 2. The SMILES string of the molecule is COCCOc1cc(-n2nc(-c3ccc(Cl)cc3)c3ccccc3c2=O)c(Cl)cc1Cl. The average Bonchev–Trinajstić information content (AvgIpc) is 2.77. The van der Waals surface area contributed by atoms with E-state index in [1.807, 2.05) is 30.3 Å². The van der Waals surface area contributed by atoms with E-state index in [4.69, 9.17) is 44.3 Å². The van der Waals surface area contributed by atoms with Crippen LogP contribution < -0.4 is 10.3 Å². The topological polar surface area (TPSA) is 53.4 Å². The zero-order valence-electron chi connectivity index (χ0n) is 16.4. The summed E-state index contributed by atoms with van der Waals surface area (Å²) in [6, 6.07) is 17.7. The van der Waals surface area contributed by atoms with E-state index in [1.165, 1.54) is 10.7 Å². The number of fused-ring (bicyclic) bond motifs is 1. The monoisotopic (exact) mass is 474 g/mol. The molecule has 0 fully saturated rings. The fourth-order valence-electron chi connectivity index (χ4n) is 3.20. The van der Waals surface area contributed by atoms with Crippen LogP contribution in [0.4, 0.5) is 0 Å². The van der Waals surface area contributed by atoms with Gasteiger partial charge in [0.15, 0.2) is 0 Å². The first-order valence-corrected chi connectivity index (χ1v) is 10.5. The van der Waals surface area contributed by atoms with Gasteiger partial charge in [0.2, 0.25) is 0 Å². The Balaban J connectivity index is 1.94. The van der Waals surface area contributed by atoms with E-state index in [1.54, 1.807) is 31.4 Å². The standard InChI is InChI=1S/C23H17Cl3N2O3/c1-30-10-11-31-21-13-20(18(25)12-19(21)26)28-23(29)17-5-3-2-4-16(17)22(27-28)14-6-8-15(24)9-7-14/h2-9,12-13H,10-11H2,1H3. The molecule has 0 bridgehead atoms. The van der Waals surface area contributed by atoms with Crippen molar-refractivity contribution >= 4 is 45.6 Å². The summed E-state index contributed by atoms with van der Waals surface area (Å²) in [4.78, 5) is 13.3. The number of rotatable bonds is 6.